The minimum absolute atomic E-state index is 0.0901. The molecule has 2 rings (SSSR count). The van der Waals surface area contributed by atoms with E-state index < -0.39 is 5.60 Å². The van der Waals surface area contributed by atoms with E-state index in [1.807, 2.05) is 0 Å². The van der Waals surface area contributed by atoms with E-state index in [9.17, 15) is 9.50 Å². The quantitative estimate of drug-likeness (QED) is 0.894. The second kappa shape index (κ2) is 5.36. The van der Waals surface area contributed by atoms with Gasteiger partial charge in [0.2, 0.25) is 11.7 Å². The fourth-order valence-electron chi connectivity index (χ4n) is 1.48. The van der Waals surface area contributed by atoms with E-state index in [1.165, 1.54) is 6.07 Å². The summed E-state index contributed by atoms with van der Waals surface area (Å²) < 4.78 is 18.5. The lowest BCUT2D eigenvalue weighted by Crippen LogP contribution is -2.36. The predicted molar refractivity (Wildman–Crippen MR) is 70.8 cm³/mol. The van der Waals surface area contributed by atoms with Crippen LogP contribution in [0.25, 0.3) is 11.4 Å². The molecule has 3 N–H and O–H groups in total. The van der Waals surface area contributed by atoms with Gasteiger partial charge in [-0.05, 0) is 41.1 Å². The summed E-state index contributed by atoms with van der Waals surface area (Å²) in [7, 11) is 0. The number of benzene rings is 1. The van der Waals surface area contributed by atoms with Crippen LogP contribution in [0.15, 0.2) is 27.2 Å². The second-order valence-electron chi connectivity index (χ2n) is 4.52. The summed E-state index contributed by atoms with van der Waals surface area (Å²) in [6.07, 6.45) is 0.166. The third-order valence-electron chi connectivity index (χ3n) is 2.62. The Hall–Kier alpha value is -1.31. The maximum Gasteiger partial charge on any atom is 0.229 e. The summed E-state index contributed by atoms with van der Waals surface area (Å²) in [6.45, 7) is 1.68. The highest BCUT2D eigenvalue weighted by atomic mass is 79.9. The highest BCUT2D eigenvalue weighted by Crippen LogP contribution is 2.23. The van der Waals surface area contributed by atoms with Crippen LogP contribution in [0.5, 0.6) is 0 Å². The molecule has 1 aromatic heterocycles. The SMILES string of the molecule is CC(O)(CN)Cc1nc(-c2ccc(F)c(Br)c2)no1. The number of rotatable bonds is 4. The average molecular weight is 330 g/mol. The van der Waals surface area contributed by atoms with Crippen LogP contribution in [0.4, 0.5) is 4.39 Å². The van der Waals surface area contributed by atoms with Gasteiger partial charge >= 0.3 is 0 Å². The second-order valence-corrected chi connectivity index (χ2v) is 5.37. The van der Waals surface area contributed by atoms with Gasteiger partial charge in [-0.25, -0.2) is 4.39 Å². The number of hydrogen-bond acceptors (Lipinski definition) is 5. The first-order chi connectivity index (χ1) is 8.91. The van der Waals surface area contributed by atoms with Gasteiger partial charge in [-0.15, -0.1) is 0 Å². The molecule has 0 aliphatic carbocycles. The van der Waals surface area contributed by atoms with Crippen LogP contribution in [0, 0.1) is 5.82 Å². The Labute approximate surface area is 117 Å². The maximum atomic E-state index is 13.1. The predicted octanol–water partition coefficient (Wildman–Crippen LogP) is 1.89. The number of aromatic nitrogens is 2. The topological polar surface area (TPSA) is 85.2 Å². The van der Waals surface area contributed by atoms with Gasteiger partial charge in [0.25, 0.3) is 0 Å². The van der Waals surface area contributed by atoms with Crippen molar-refractivity contribution in [3.8, 4) is 11.4 Å². The highest BCUT2D eigenvalue weighted by Gasteiger charge is 2.23. The van der Waals surface area contributed by atoms with Crippen molar-refractivity contribution in [2.45, 2.75) is 18.9 Å². The molecule has 0 saturated carbocycles. The first-order valence-electron chi connectivity index (χ1n) is 5.62. The third kappa shape index (κ3) is 3.37. The molecular weight excluding hydrogens is 317 g/mol. The molecule has 0 spiro atoms. The van der Waals surface area contributed by atoms with Crippen LogP contribution in [0.3, 0.4) is 0 Å². The van der Waals surface area contributed by atoms with E-state index in [1.54, 1.807) is 19.1 Å². The first kappa shape index (κ1) is 14.1. The van der Waals surface area contributed by atoms with Crippen molar-refractivity contribution in [3.63, 3.8) is 0 Å². The average Bonchev–Trinajstić information content (AvgIpc) is 2.80. The molecular formula is C12H13BrFN3O2. The Kier molecular flexibility index (Phi) is 3.98. The standard InChI is InChI=1S/C12H13BrFN3O2/c1-12(18,6-15)5-10-16-11(17-19-10)7-2-3-9(14)8(13)4-7/h2-4,18H,5-6,15H2,1H3. The number of nitrogens with zero attached hydrogens (tertiary/aromatic N) is 2. The van der Waals surface area contributed by atoms with Gasteiger partial charge in [-0.2, -0.15) is 4.98 Å². The molecule has 1 aromatic carbocycles. The smallest absolute Gasteiger partial charge is 0.229 e. The molecule has 0 bridgehead atoms. The van der Waals surface area contributed by atoms with Gasteiger partial charge in [-0.1, -0.05) is 5.16 Å². The summed E-state index contributed by atoms with van der Waals surface area (Å²) >= 11 is 3.09. The molecule has 0 amide bonds. The molecule has 0 saturated heterocycles. The lowest BCUT2D eigenvalue weighted by molar-refractivity contribution is 0.0610. The number of halogens is 2. The molecule has 7 heteroatoms. The monoisotopic (exact) mass is 329 g/mol. The summed E-state index contributed by atoms with van der Waals surface area (Å²) in [5.74, 6) is 0.257. The zero-order valence-electron chi connectivity index (χ0n) is 10.2. The zero-order valence-corrected chi connectivity index (χ0v) is 11.8. The Balaban J connectivity index is 2.23. The molecule has 5 nitrogen and oxygen atoms in total. The lowest BCUT2D eigenvalue weighted by atomic mass is 10.0. The molecule has 1 atom stereocenters. The Bertz CT molecular complexity index is 586. The van der Waals surface area contributed by atoms with Crippen LogP contribution in [-0.4, -0.2) is 27.4 Å². The molecule has 1 unspecified atom stereocenters. The number of nitrogens with two attached hydrogens (primary N) is 1. The van der Waals surface area contributed by atoms with Gasteiger partial charge in [-0.3, -0.25) is 0 Å². The van der Waals surface area contributed by atoms with Crippen molar-refractivity contribution in [1.82, 2.24) is 10.1 Å². The highest BCUT2D eigenvalue weighted by molar-refractivity contribution is 9.10. The Morgan fingerprint density at radius 3 is 2.89 bits per heavy atom. The van der Waals surface area contributed by atoms with E-state index in [0.29, 0.717) is 15.9 Å². The Morgan fingerprint density at radius 2 is 2.26 bits per heavy atom. The maximum absolute atomic E-state index is 13.1. The van der Waals surface area contributed by atoms with Crippen LogP contribution in [-0.2, 0) is 6.42 Å². The first-order valence-corrected chi connectivity index (χ1v) is 6.41. The van der Waals surface area contributed by atoms with Crippen LogP contribution in [0.1, 0.15) is 12.8 Å². The van der Waals surface area contributed by atoms with Crippen molar-refractivity contribution >= 4 is 15.9 Å². The molecule has 0 aliphatic heterocycles. The van der Waals surface area contributed by atoms with E-state index >= 15 is 0 Å². The van der Waals surface area contributed by atoms with Gasteiger partial charge in [0, 0.05) is 12.1 Å². The zero-order chi connectivity index (χ0) is 14.0. The van der Waals surface area contributed by atoms with Crippen molar-refractivity contribution < 1.29 is 14.0 Å². The molecule has 19 heavy (non-hydrogen) atoms. The van der Waals surface area contributed by atoms with Crippen molar-refractivity contribution in [3.05, 3.63) is 34.4 Å². The Morgan fingerprint density at radius 1 is 1.53 bits per heavy atom. The summed E-state index contributed by atoms with van der Waals surface area (Å²) in [6, 6.07) is 4.42. The molecule has 0 aliphatic rings. The minimum atomic E-state index is -1.09. The summed E-state index contributed by atoms with van der Waals surface area (Å²) in [5.41, 5.74) is 4.95. The number of aliphatic hydroxyl groups is 1. The van der Waals surface area contributed by atoms with E-state index in [0.717, 1.165) is 0 Å². The van der Waals surface area contributed by atoms with Gasteiger partial charge in [0.05, 0.1) is 16.5 Å². The molecule has 2 aromatic rings. The van der Waals surface area contributed by atoms with Crippen molar-refractivity contribution in [1.29, 1.82) is 0 Å². The van der Waals surface area contributed by atoms with Crippen LogP contribution in [0.2, 0.25) is 0 Å². The van der Waals surface area contributed by atoms with E-state index in [-0.39, 0.29) is 24.7 Å². The van der Waals surface area contributed by atoms with Crippen LogP contribution < -0.4 is 5.73 Å². The minimum Gasteiger partial charge on any atom is -0.388 e. The van der Waals surface area contributed by atoms with Crippen LogP contribution >= 0.6 is 15.9 Å². The molecule has 102 valence electrons. The lowest BCUT2D eigenvalue weighted by Gasteiger charge is -2.17. The molecule has 1 heterocycles. The van der Waals surface area contributed by atoms with Gasteiger partial charge < -0.3 is 15.4 Å². The molecule has 0 fully saturated rings. The summed E-state index contributed by atoms with van der Waals surface area (Å²) in [5, 5.41) is 13.6. The van der Waals surface area contributed by atoms with Gasteiger partial charge in [0.15, 0.2) is 0 Å². The van der Waals surface area contributed by atoms with Crippen molar-refractivity contribution in [2.24, 2.45) is 5.73 Å². The van der Waals surface area contributed by atoms with E-state index in [2.05, 4.69) is 26.1 Å². The van der Waals surface area contributed by atoms with Gasteiger partial charge in [0.1, 0.15) is 5.82 Å². The fourth-order valence-corrected chi connectivity index (χ4v) is 1.86. The largest absolute Gasteiger partial charge is 0.388 e. The molecule has 0 radical (unpaired) electrons. The third-order valence-corrected chi connectivity index (χ3v) is 3.23. The van der Waals surface area contributed by atoms with E-state index in [4.69, 9.17) is 10.3 Å². The fraction of sp³-hybridized carbons (Fsp3) is 0.333. The van der Waals surface area contributed by atoms with Crippen molar-refractivity contribution in [2.75, 3.05) is 6.54 Å². The number of hydrogen-bond donors (Lipinski definition) is 2. The normalized spacial score (nSPS) is 14.4. The summed E-state index contributed by atoms with van der Waals surface area (Å²) in [4.78, 5) is 4.15.